The summed E-state index contributed by atoms with van der Waals surface area (Å²) in [7, 11) is 0. The molecule has 0 aromatic heterocycles. The molecular weight excluding hydrogens is 260 g/mol. The van der Waals surface area contributed by atoms with Crippen molar-refractivity contribution in [3.8, 4) is 0 Å². The number of rotatable bonds is 3. The molecule has 1 aliphatic rings. The lowest BCUT2D eigenvalue weighted by Gasteiger charge is -2.31. The van der Waals surface area contributed by atoms with Crippen LogP contribution in [-0.2, 0) is 0 Å². The highest BCUT2D eigenvalue weighted by atomic mass is 35.5. The minimum Gasteiger partial charge on any atom is -0.393 e. The number of nitro benzene ring substituents is 1. The molecule has 0 bridgehead atoms. The Bertz CT molecular complexity index is 500. The van der Waals surface area contributed by atoms with Crippen LogP contribution in [0.4, 0.5) is 5.69 Å². The van der Waals surface area contributed by atoms with E-state index in [2.05, 4.69) is 5.32 Å². The lowest BCUT2D eigenvalue weighted by Crippen LogP contribution is -2.46. The molecule has 18 heavy (non-hydrogen) atoms. The molecule has 2 N–H and O–H groups in total. The van der Waals surface area contributed by atoms with E-state index in [0.29, 0.717) is 12.8 Å². The summed E-state index contributed by atoms with van der Waals surface area (Å²) in [6.07, 6.45) is 0.618. The minimum absolute atomic E-state index is 0.0762. The van der Waals surface area contributed by atoms with E-state index in [1.54, 1.807) is 0 Å². The zero-order valence-corrected chi connectivity index (χ0v) is 10.1. The van der Waals surface area contributed by atoms with Crippen molar-refractivity contribution in [2.45, 2.75) is 25.0 Å². The number of nitrogens with zero attached hydrogens (tertiary/aromatic N) is 1. The predicted molar refractivity (Wildman–Crippen MR) is 64.6 cm³/mol. The number of nitro groups is 1. The zero-order chi connectivity index (χ0) is 13.3. The van der Waals surface area contributed by atoms with Crippen molar-refractivity contribution < 1.29 is 14.8 Å². The number of hydrogen-bond acceptors (Lipinski definition) is 4. The molecule has 1 fully saturated rings. The molecule has 1 amide bonds. The van der Waals surface area contributed by atoms with E-state index in [9.17, 15) is 14.9 Å². The summed E-state index contributed by atoms with van der Waals surface area (Å²) in [6.45, 7) is 0. The van der Waals surface area contributed by atoms with Crippen LogP contribution in [0.5, 0.6) is 0 Å². The molecule has 0 radical (unpaired) electrons. The third-order valence-electron chi connectivity index (χ3n) is 2.87. The first-order valence-electron chi connectivity index (χ1n) is 5.41. The van der Waals surface area contributed by atoms with E-state index in [-0.39, 0.29) is 28.4 Å². The van der Waals surface area contributed by atoms with Crippen molar-refractivity contribution >= 4 is 23.2 Å². The summed E-state index contributed by atoms with van der Waals surface area (Å²) in [5.74, 6) is -0.458. The Hall–Kier alpha value is -1.66. The Morgan fingerprint density at radius 2 is 2.17 bits per heavy atom. The molecule has 1 aliphatic carbocycles. The predicted octanol–water partition coefficient (Wildman–Crippen LogP) is 1.50. The van der Waals surface area contributed by atoms with Crippen molar-refractivity contribution in [3.05, 3.63) is 38.9 Å². The average molecular weight is 271 g/mol. The first-order valence-corrected chi connectivity index (χ1v) is 5.78. The van der Waals surface area contributed by atoms with Gasteiger partial charge in [-0.1, -0.05) is 17.7 Å². The SMILES string of the molecule is O=C(NC1CC(O)C1)c1cccc([N+](=O)[O-])c1Cl. The zero-order valence-electron chi connectivity index (χ0n) is 9.30. The van der Waals surface area contributed by atoms with Crippen molar-refractivity contribution in [1.29, 1.82) is 0 Å². The average Bonchev–Trinajstić information content (AvgIpc) is 2.26. The van der Waals surface area contributed by atoms with Crippen molar-refractivity contribution in [2.75, 3.05) is 0 Å². The summed E-state index contributed by atoms with van der Waals surface area (Å²) >= 11 is 5.82. The largest absolute Gasteiger partial charge is 0.393 e. The van der Waals surface area contributed by atoms with Crippen LogP contribution in [0.25, 0.3) is 0 Å². The van der Waals surface area contributed by atoms with Gasteiger partial charge in [0.2, 0.25) is 0 Å². The topological polar surface area (TPSA) is 92.5 Å². The van der Waals surface area contributed by atoms with Crippen LogP contribution in [0.1, 0.15) is 23.2 Å². The molecule has 0 spiro atoms. The summed E-state index contributed by atoms with van der Waals surface area (Å²) in [5, 5.41) is 22.3. The van der Waals surface area contributed by atoms with Gasteiger partial charge in [-0.2, -0.15) is 0 Å². The number of halogens is 1. The molecule has 6 nitrogen and oxygen atoms in total. The van der Waals surface area contributed by atoms with E-state index in [1.807, 2.05) is 0 Å². The summed E-state index contributed by atoms with van der Waals surface area (Å²) in [6, 6.07) is 3.99. The second-order valence-corrected chi connectivity index (χ2v) is 4.57. The highest BCUT2D eigenvalue weighted by Crippen LogP contribution is 2.28. The number of amides is 1. The van der Waals surface area contributed by atoms with Gasteiger partial charge in [-0.05, 0) is 18.9 Å². The quantitative estimate of drug-likeness (QED) is 0.643. The molecule has 1 aromatic carbocycles. The third-order valence-corrected chi connectivity index (χ3v) is 3.27. The van der Waals surface area contributed by atoms with Crippen molar-refractivity contribution in [1.82, 2.24) is 5.32 Å². The van der Waals surface area contributed by atoms with Crippen molar-refractivity contribution in [3.63, 3.8) is 0 Å². The number of nitrogens with one attached hydrogen (secondary N) is 1. The minimum atomic E-state index is -0.633. The van der Waals surface area contributed by atoms with Crippen LogP contribution < -0.4 is 5.32 Å². The number of carbonyl (C=O) groups is 1. The normalized spacial score (nSPS) is 22.1. The van der Waals surface area contributed by atoms with E-state index in [1.165, 1.54) is 18.2 Å². The molecule has 0 unspecified atom stereocenters. The van der Waals surface area contributed by atoms with Gasteiger partial charge >= 0.3 is 0 Å². The smallest absolute Gasteiger partial charge is 0.288 e. The highest BCUT2D eigenvalue weighted by Gasteiger charge is 2.29. The van der Waals surface area contributed by atoms with Crippen LogP contribution in [0.2, 0.25) is 5.02 Å². The van der Waals surface area contributed by atoms with E-state index >= 15 is 0 Å². The molecule has 96 valence electrons. The van der Waals surface area contributed by atoms with Crippen LogP contribution in [0.3, 0.4) is 0 Å². The molecule has 7 heteroatoms. The lowest BCUT2D eigenvalue weighted by molar-refractivity contribution is -0.384. The van der Waals surface area contributed by atoms with E-state index in [0.717, 1.165) is 0 Å². The molecule has 1 aromatic rings. The molecule has 0 atom stereocenters. The number of aliphatic hydroxyl groups excluding tert-OH is 1. The van der Waals surface area contributed by atoms with E-state index in [4.69, 9.17) is 16.7 Å². The Balaban J connectivity index is 2.15. The third kappa shape index (κ3) is 2.44. The molecule has 0 saturated heterocycles. The van der Waals surface area contributed by atoms with Crippen molar-refractivity contribution in [2.24, 2.45) is 0 Å². The highest BCUT2D eigenvalue weighted by molar-refractivity contribution is 6.35. The fourth-order valence-electron chi connectivity index (χ4n) is 1.80. The number of hydrogen-bond donors (Lipinski definition) is 2. The fourth-order valence-corrected chi connectivity index (χ4v) is 2.09. The fraction of sp³-hybridized carbons (Fsp3) is 0.364. The van der Waals surface area contributed by atoms with Gasteiger partial charge in [0.25, 0.3) is 11.6 Å². The maximum absolute atomic E-state index is 11.9. The standard InChI is InChI=1S/C11H11ClN2O4/c12-10-8(2-1-3-9(10)14(17)18)11(16)13-6-4-7(15)5-6/h1-3,6-7,15H,4-5H2,(H,13,16). The van der Waals surface area contributed by atoms with Crippen LogP contribution in [-0.4, -0.2) is 28.1 Å². The van der Waals surface area contributed by atoms with Gasteiger partial charge in [0.15, 0.2) is 0 Å². The van der Waals surface area contributed by atoms with Crippen LogP contribution in [0, 0.1) is 10.1 Å². The van der Waals surface area contributed by atoms with Crippen LogP contribution >= 0.6 is 11.6 Å². The summed E-state index contributed by atoms with van der Waals surface area (Å²) < 4.78 is 0. The van der Waals surface area contributed by atoms with Gasteiger partial charge in [-0.3, -0.25) is 14.9 Å². The van der Waals surface area contributed by atoms with Gasteiger partial charge in [-0.25, -0.2) is 0 Å². The number of aliphatic hydroxyl groups is 1. The Morgan fingerprint density at radius 1 is 1.50 bits per heavy atom. The van der Waals surface area contributed by atoms with E-state index < -0.39 is 10.8 Å². The van der Waals surface area contributed by atoms with Gasteiger partial charge in [0.05, 0.1) is 16.6 Å². The maximum Gasteiger partial charge on any atom is 0.288 e. The molecule has 0 aliphatic heterocycles. The lowest BCUT2D eigenvalue weighted by atomic mass is 9.89. The molecule has 0 heterocycles. The Labute approximate surface area is 108 Å². The molecular formula is C11H11ClN2O4. The number of carbonyl (C=O) groups excluding carboxylic acids is 1. The van der Waals surface area contributed by atoms with Gasteiger partial charge < -0.3 is 10.4 Å². The second-order valence-electron chi connectivity index (χ2n) is 4.19. The van der Waals surface area contributed by atoms with Crippen LogP contribution in [0.15, 0.2) is 18.2 Å². The molecule has 2 rings (SSSR count). The van der Waals surface area contributed by atoms with Gasteiger partial charge in [0.1, 0.15) is 5.02 Å². The first-order chi connectivity index (χ1) is 8.49. The van der Waals surface area contributed by atoms with Gasteiger partial charge in [-0.15, -0.1) is 0 Å². The molecule has 1 saturated carbocycles. The maximum atomic E-state index is 11.9. The van der Waals surface area contributed by atoms with Gasteiger partial charge in [0, 0.05) is 12.1 Å². The Kier molecular flexibility index (Phi) is 3.49. The second kappa shape index (κ2) is 4.91. The Morgan fingerprint density at radius 3 is 2.72 bits per heavy atom. The summed E-state index contributed by atoms with van der Waals surface area (Å²) in [5.41, 5.74) is -0.217. The number of benzene rings is 1. The monoisotopic (exact) mass is 270 g/mol. The first kappa shape index (κ1) is 12.8. The summed E-state index contributed by atoms with van der Waals surface area (Å²) in [4.78, 5) is 21.9.